The molecule has 1 aliphatic heterocycles. The number of nitrogens with zero attached hydrogens (tertiary/aromatic N) is 5. The van der Waals surface area contributed by atoms with Crippen molar-refractivity contribution < 1.29 is 4.79 Å². The van der Waals surface area contributed by atoms with Crippen LogP contribution in [0.4, 0.5) is 5.69 Å². The molecule has 0 radical (unpaired) electrons. The summed E-state index contributed by atoms with van der Waals surface area (Å²) in [5.74, 6) is 0.0204. The van der Waals surface area contributed by atoms with Gasteiger partial charge in [0.2, 0.25) is 0 Å². The van der Waals surface area contributed by atoms with Crippen molar-refractivity contribution in [2.75, 3.05) is 24.5 Å². The number of benzene rings is 2. The van der Waals surface area contributed by atoms with Crippen molar-refractivity contribution in [3.8, 4) is 11.1 Å². The predicted molar refractivity (Wildman–Crippen MR) is 132 cm³/mol. The standard InChI is InChI=1S/C27H29N5O/c1-18-9-8-12-23(15-18)31-14-13-30(17-19(31)2)27(33)24-16-28-26-25(22-10-6-5-7-11-22)20(3)29-32(26)21(24)4/h5-12,15-16,19H,13-14,17H2,1-4H3/t19-/m0/s1. The van der Waals surface area contributed by atoms with Gasteiger partial charge in [-0.2, -0.15) is 5.10 Å². The minimum atomic E-state index is 0.0204. The van der Waals surface area contributed by atoms with Gasteiger partial charge in [-0.3, -0.25) is 4.79 Å². The van der Waals surface area contributed by atoms with E-state index >= 15 is 0 Å². The molecule has 0 N–H and O–H groups in total. The monoisotopic (exact) mass is 439 g/mol. The quantitative estimate of drug-likeness (QED) is 0.465. The molecule has 2 aromatic heterocycles. The van der Waals surface area contributed by atoms with E-state index in [1.54, 1.807) is 6.20 Å². The molecule has 0 aliphatic carbocycles. The van der Waals surface area contributed by atoms with Crippen LogP contribution in [0.25, 0.3) is 16.8 Å². The minimum absolute atomic E-state index is 0.0204. The highest BCUT2D eigenvalue weighted by atomic mass is 16.2. The van der Waals surface area contributed by atoms with Gasteiger partial charge in [-0.05, 0) is 51.0 Å². The molecule has 1 saturated heterocycles. The van der Waals surface area contributed by atoms with Crippen molar-refractivity contribution in [3.63, 3.8) is 0 Å². The van der Waals surface area contributed by atoms with Gasteiger partial charge in [0.1, 0.15) is 0 Å². The number of fused-ring (bicyclic) bond motifs is 1. The van der Waals surface area contributed by atoms with Crippen LogP contribution in [0.15, 0.2) is 60.8 Å². The largest absolute Gasteiger partial charge is 0.365 e. The number of hydrogen-bond acceptors (Lipinski definition) is 4. The number of anilines is 1. The third-order valence-corrected chi connectivity index (χ3v) is 6.60. The first-order chi connectivity index (χ1) is 15.9. The Morgan fingerprint density at radius 3 is 2.52 bits per heavy atom. The van der Waals surface area contributed by atoms with E-state index in [9.17, 15) is 4.79 Å². The zero-order valence-electron chi connectivity index (χ0n) is 19.6. The van der Waals surface area contributed by atoms with Gasteiger partial charge >= 0.3 is 0 Å². The third-order valence-electron chi connectivity index (χ3n) is 6.60. The average molecular weight is 440 g/mol. The molecule has 3 heterocycles. The maximum Gasteiger partial charge on any atom is 0.257 e. The Hall–Kier alpha value is -3.67. The van der Waals surface area contributed by atoms with Crippen LogP contribution < -0.4 is 4.90 Å². The number of piperazine rings is 1. The fourth-order valence-electron chi connectivity index (χ4n) is 4.86. The first-order valence-corrected chi connectivity index (χ1v) is 11.5. The summed E-state index contributed by atoms with van der Waals surface area (Å²) in [6, 6.07) is 19.0. The summed E-state index contributed by atoms with van der Waals surface area (Å²) in [5.41, 5.74) is 7.68. The molecule has 1 aliphatic rings. The molecule has 5 rings (SSSR count). The summed E-state index contributed by atoms with van der Waals surface area (Å²) in [5, 5.41) is 4.73. The van der Waals surface area contributed by atoms with Gasteiger partial charge in [0.15, 0.2) is 5.65 Å². The van der Waals surface area contributed by atoms with Crippen molar-refractivity contribution in [2.24, 2.45) is 0 Å². The first kappa shape index (κ1) is 21.2. The van der Waals surface area contributed by atoms with Gasteiger partial charge in [-0.15, -0.1) is 0 Å². The Morgan fingerprint density at radius 2 is 1.79 bits per heavy atom. The Morgan fingerprint density at radius 1 is 1.00 bits per heavy atom. The second kappa shape index (κ2) is 8.35. The van der Waals surface area contributed by atoms with Gasteiger partial charge in [0.25, 0.3) is 5.91 Å². The summed E-state index contributed by atoms with van der Waals surface area (Å²) >= 11 is 0. The van der Waals surface area contributed by atoms with Crippen LogP contribution >= 0.6 is 0 Å². The molecule has 2 aromatic carbocycles. The number of aromatic nitrogens is 3. The predicted octanol–water partition coefficient (Wildman–Crippen LogP) is 4.67. The van der Waals surface area contributed by atoms with Crippen molar-refractivity contribution in [1.82, 2.24) is 19.5 Å². The minimum Gasteiger partial charge on any atom is -0.365 e. The fraction of sp³-hybridized carbons (Fsp3) is 0.296. The van der Waals surface area contributed by atoms with Crippen molar-refractivity contribution in [1.29, 1.82) is 0 Å². The second-order valence-corrected chi connectivity index (χ2v) is 8.95. The molecule has 0 unspecified atom stereocenters. The molecule has 1 fully saturated rings. The third kappa shape index (κ3) is 3.75. The average Bonchev–Trinajstić information content (AvgIpc) is 3.16. The lowest BCUT2D eigenvalue weighted by Crippen LogP contribution is -2.54. The zero-order chi connectivity index (χ0) is 23.1. The van der Waals surface area contributed by atoms with Crippen LogP contribution in [-0.4, -0.2) is 51.1 Å². The normalized spacial score (nSPS) is 16.4. The summed E-state index contributed by atoms with van der Waals surface area (Å²) in [6.07, 6.45) is 1.72. The molecule has 6 heteroatoms. The number of aryl methyl sites for hydroxylation is 3. The van der Waals surface area contributed by atoms with E-state index in [1.807, 2.05) is 41.5 Å². The van der Waals surface area contributed by atoms with Gasteiger partial charge < -0.3 is 9.80 Å². The van der Waals surface area contributed by atoms with E-state index in [0.29, 0.717) is 18.7 Å². The highest BCUT2D eigenvalue weighted by molar-refractivity contribution is 5.96. The molecule has 4 aromatic rings. The Balaban J connectivity index is 1.42. The lowest BCUT2D eigenvalue weighted by atomic mass is 10.1. The highest BCUT2D eigenvalue weighted by Gasteiger charge is 2.29. The first-order valence-electron chi connectivity index (χ1n) is 11.5. The molecular formula is C27H29N5O. The molecule has 1 amide bonds. The van der Waals surface area contributed by atoms with Crippen LogP contribution in [0.5, 0.6) is 0 Å². The molecule has 33 heavy (non-hydrogen) atoms. The van der Waals surface area contributed by atoms with Gasteiger partial charge in [-0.1, -0.05) is 42.5 Å². The van der Waals surface area contributed by atoms with Crippen LogP contribution in [0.2, 0.25) is 0 Å². The van der Waals surface area contributed by atoms with E-state index in [2.05, 4.69) is 60.1 Å². The van der Waals surface area contributed by atoms with Crippen molar-refractivity contribution >= 4 is 17.2 Å². The number of hydrogen-bond donors (Lipinski definition) is 0. The van der Waals surface area contributed by atoms with Crippen molar-refractivity contribution in [3.05, 3.63) is 83.3 Å². The smallest absolute Gasteiger partial charge is 0.257 e. The van der Waals surface area contributed by atoms with Crippen molar-refractivity contribution in [2.45, 2.75) is 33.7 Å². The lowest BCUT2D eigenvalue weighted by Gasteiger charge is -2.41. The summed E-state index contributed by atoms with van der Waals surface area (Å²) in [7, 11) is 0. The maximum absolute atomic E-state index is 13.5. The second-order valence-electron chi connectivity index (χ2n) is 8.95. The van der Waals surface area contributed by atoms with Crippen LogP contribution in [0.3, 0.4) is 0 Å². The van der Waals surface area contributed by atoms with Crippen LogP contribution in [0.1, 0.15) is 34.2 Å². The van der Waals surface area contributed by atoms with E-state index in [1.165, 1.54) is 11.3 Å². The summed E-state index contributed by atoms with van der Waals surface area (Å²) in [6.45, 7) is 10.4. The number of rotatable bonds is 3. The fourth-order valence-corrected chi connectivity index (χ4v) is 4.86. The number of carbonyl (C=O) groups excluding carboxylic acids is 1. The molecular weight excluding hydrogens is 410 g/mol. The lowest BCUT2D eigenvalue weighted by molar-refractivity contribution is 0.0724. The Bertz CT molecular complexity index is 1330. The van der Waals surface area contributed by atoms with E-state index < -0.39 is 0 Å². The number of amides is 1. The van der Waals surface area contributed by atoms with Gasteiger partial charge in [0, 0.05) is 43.1 Å². The topological polar surface area (TPSA) is 53.7 Å². The van der Waals surface area contributed by atoms with Gasteiger partial charge in [0.05, 0.1) is 17.0 Å². The van der Waals surface area contributed by atoms with Gasteiger partial charge in [-0.25, -0.2) is 9.50 Å². The summed E-state index contributed by atoms with van der Waals surface area (Å²) in [4.78, 5) is 22.5. The SMILES string of the molecule is Cc1cccc(N2CCN(C(=O)c3cnc4c(-c5ccccc5)c(C)nn4c3C)C[C@@H]2C)c1. The van der Waals surface area contributed by atoms with E-state index in [0.717, 1.165) is 34.7 Å². The molecule has 6 nitrogen and oxygen atoms in total. The van der Waals surface area contributed by atoms with Crippen LogP contribution in [0, 0.1) is 20.8 Å². The number of carbonyl (C=O) groups is 1. The Labute approximate surface area is 194 Å². The highest BCUT2D eigenvalue weighted by Crippen LogP contribution is 2.29. The van der Waals surface area contributed by atoms with E-state index in [-0.39, 0.29) is 11.9 Å². The molecule has 1 atom stereocenters. The maximum atomic E-state index is 13.5. The zero-order valence-corrected chi connectivity index (χ0v) is 19.6. The Kier molecular flexibility index (Phi) is 5.36. The van der Waals surface area contributed by atoms with E-state index in [4.69, 9.17) is 5.10 Å². The molecule has 0 spiro atoms. The molecule has 168 valence electrons. The molecule has 0 bridgehead atoms. The molecule has 0 saturated carbocycles. The van der Waals surface area contributed by atoms with Crippen LogP contribution in [-0.2, 0) is 0 Å². The summed E-state index contributed by atoms with van der Waals surface area (Å²) < 4.78 is 1.82.